The number of nitrogens with one attached hydrogen (secondary N) is 1. The fraction of sp³-hybridized carbons (Fsp3) is 0.265. The zero-order valence-corrected chi connectivity index (χ0v) is 28.4. The third-order valence-electron chi connectivity index (χ3n) is 7.72. The summed E-state index contributed by atoms with van der Waals surface area (Å²) < 4.78 is 19.9. The average Bonchev–Trinajstić information content (AvgIpc) is 3.35. The summed E-state index contributed by atoms with van der Waals surface area (Å²) in [6, 6.07) is 17.6. The summed E-state index contributed by atoms with van der Waals surface area (Å²) in [5.74, 6) is 1.34. The van der Waals surface area contributed by atoms with Crippen LogP contribution >= 0.6 is 27.3 Å². The lowest BCUT2D eigenvalue weighted by atomic mass is 9.94. The van der Waals surface area contributed by atoms with Crippen molar-refractivity contribution in [1.29, 1.82) is 0 Å². The van der Waals surface area contributed by atoms with E-state index in [-0.39, 0.29) is 11.5 Å². The maximum atomic E-state index is 14.3. The molecule has 1 aromatic heterocycles. The summed E-state index contributed by atoms with van der Waals surface area (Å²) in [6.07, 6.45) is 1.81. The fourth-order valence-electron chi connectivity index (χ4n) is 5.47. The molecule has 0 spiro atoms. The molecule has 0 bridgehead atoms. The van der Waals surface area contributed by atoms with E-state index >= 15 is 0 Å². The van der Waals surface area contributed by atoms with Crippen molar-refractivity contribution in [3.05, 3.63) is 107 Å². The number of anilines is 2. The molecule has 0 unspecified atom stereocenters. The number of carbonyl (C=O) groups is 1. The minimum atomic E-state index is -0.813. The van der Waals surface area contributed by atoms with Gasteiger partial charge in [0.15, 0.2) is 4.80 Å². The van der Waals surface area contributed by atoms with Crippen molar-refractivity contribution in [1.82, 2.24) is 4.57 Å². The van der Waals surface area contributed by atoms with Gasteiger partial charge >= 0.3 is 0 Å². The second-order valence-corrected chi connectivity index (χ2v) is 12.1. The zero-order valence-electron chi connectivity index (χ0n) is 26.0. The first-order valence-electron chi connectivity index (χ1n) is 14.5. The number of benzene rings is 3. The highest BCUT2D eigenvalue weighted by Crippen LogP contribution is 2.38. The lowest BCUT2D eigenvalue weighted by Gasteiger charge is -2.26. The minimum Gasteiger partial charge on any atom is -0.497 e. The van der Waals surface area contributed by atoms with Crippen LogP contribution in [0.5, 0.6) is 17.2 Å². The normalized spacial score (nSPS) is 14.5. The first-order chi connectivity index (χ1) is 21.7. The Morgan fingerprint density at radius 1 is 1.02 bits per heavy atom. The van der Waals surface area contributed by atoms with E-state index in [9.17, 15) is 9.59 Å². The van der Waals surface area contributed by atoms with Gasteiger partial charge in [-0.15, -0.1) is 0 Å². The molecule has 1 aliphatic rings. The Hall–Kier alpha value is -4.35. The van der Waals surface area contributed by atoms with Crippen LogP contribution in [0.15, 0.2) is 86.2 Å². The maximum Gasteiger partial charge on any atom is 0.271 e. The van der Waals surface area contributed by atoms with Crippen LogP contribution in [0.25, 0.3) is 6.08 Å². The van der Waals surface area contributed by atoms with Crippen LogP contribution in [0, 0.1) is 0 Å². The van der Waals surface area contributed by atoms with Crippen LogP contribution < -0.4 is 39.3 Å². The van der Waals surface area contributed by atoms with Gasteiger partial charge in [-0.25, -0.2) is 4.99 Å². The van der Waals surface area contributed by atoms with Gasteiger partial charge in [0.2, 0.25) is 0 Å². The van der Waals surface area contributed by atoms with Gasteiger partial charge in [0.25, 0.3) is 11.5 Å². The summed E-state index contributed by atoms with van der Waals surface area (Å²) in [5.41, 5.74) is 3.56. The predicted molar refractivity (Wildman–Crippen MR) is 183 cm³/mol. The van der Waals surface area contributed by atoms with Gasteiger partial charge in [0.05, 0.1) is 42.8 Å². The molecule has 0 aliphatic carbocycles. The molecule has 1 amide bonds. The molecular weight excluding hydrogens is 656 g/mol. The molecule has 9 nitrogen and oxygen atoms in total. The Labute approximate surface area is 274 Å². The first kappa shape index (κ1) is 32.1. The van der Waals surface area contributed by atoms with Gasteiger partial charge in [-0.2, -0.15) is 0 Å². The topological polar surface area (TPSA) is 94.4 Å². The average molecular weight is 692 g/mol. The summed E-state index contributed by atoms with van der Waals surface area (Å²) in [7, 11) is 4.74. The zero-order chi connectivity index (χ0) is 32.2. The lowest BCUT2D eigenvalue weighted by molar-refractivity contribution is -0.113. The summed E-state index contributed by atoms with van der Waals surface area (Å²) in [5, 5.41) is 2.98. The number of nitrogens with zero attached hydrogens (tertiary/aromatic N) is 3. The second-order valence-electron chi connectivity index (χ2n) is 10.2. The Balaban J connectivity index is 1.71. The SMILES string of the molecule is CCN(CC)c1cc(OC)c(/C=c2\sc3n(c2=O)[C@H](c2ccc(OC)cc2OC)C(C(=O)Nc2ccccc2)=C(C)N=3)cc1Br. The van der Waals surface area contributed by atoms with Crippen LogP contribution in [0.3, 0.4) is 0 Å². The van der Waals surface area contributed by atoms with Crippen molar-refractivity contribution < 1.29 is 19.0 Å². The highest BCUT2D eigenvalue weighted by molar-refractivity contribution is 9.10. The predicted octanol–water partition coefficient (Wildman–Crippen LogP) is 5.51. The lowest BCUT2D eigenvalue weighted by Crippen LogP contribution is -2.40. The standard InChI is InChI=1S/C34H35BrN4O5S/c1-7-38(8-2)26-19-27(43-5)21(16-25(26)35)17-29-33(41)39-31(24-15-14-23(42-4)18-28(24)44-6)30(20(3)36-34(39)45-29)32(40)37-22-12-10-9-11-13-22/h9-19,31H,7-8H2,1-6H3,(H,37,40)/b29-17-/t31-/m1/s1. The number of carbonyl (C=O) groups excluding carboxylic acids is 1. The molecule has 1 N–H and O–H groups in total. The van der Waals surface area contributed by atoms with Gasteiger partial charge in [0, 0.05) is 46.5 Å². The number of hydrogen-bond donors (Lipinski definition) is 1. The molecule has 0 saturated carbocycles. The highest BCUT2D eigenvalue weighted by Gasteiger charge is 2.34. The van der Waals surface area contributed by atoms with Crippen molar-refractivity contribution in [2.45, 2.75) is 26.8 Å². The van der Waals surface area contributed by atoms with E-state index in [1.807, 2.05) is 54.6 Å². The van der Waals surface area contributed by atoms with E-state index in [1.165, 1.54) is 11.3 Å². The van der Waals surface area contributed by atoms with Gasteiger partial charge in [-0.05, 0) is 73.1 Å². The van der Waals surface area contributed by atoms with Gasteiger partial charge < -0.3 is 24.4 Å². The Kier molecular flexibility index (Phi) is 9.79. The van der Waals surface area contributed by atoms with Crippen molar-refractivity contribution in [3.63, 3.8) is 0 Å². The quantitative estimate of drug-likeness (QED) is 0.236. The fourth-order valence-corrected chi connectivity index (χ4v) is 7.12. The molecule has 234 valence electrons. The molecule has 4 aromatic rings. The van der Waals surface area contributed by atoms with E-state index in [0.717, 1.165) is 28.8 Å². The third-order valence-corrected chi connectivity index (χ3v) is 9.34. The molecule has 5 rings (SSSR count). The molecule has 0 fully saturated rings. The van der Waals surface area contributed by atoms with E-state index in [4.69, 9.17) is 19.2 Å². The largest absolute Gasteiger partial charge is 0.497 e. The van der Waals surface area contributed by atoms with Crippen molar-refractivity contribution in [2.24, 2.45) is 4.99 Å². The Morgan fingerprint density at radius 3 is 2.38 bits per heavy atom. The van der Waals surface area contributed by atoms with Crippen LogP contribution in [-0.4, -0.2) is 44.9 Å². The van der Waals surface area contributed by atoms with Crippen molar-refractivity contribution in [3.8, 4) is 17.2 Å². The van der Waals surface area contributed by atoms with Crippen LogP contribution in [0.1, 0.15) is 37.9 Å². The molecule has 1 atom stereocenters. The number of halogens is 1. The Bertz CT molecular complexity index is 1950. The monoisotopic (exact) mass is 690 g/mol. The van der Waals surface area contributed by atoms with Crippen LogP contribution in [0.2, 0.25) is 0 Å². The molecular formula is C34H35BrN4O5S. The van der Waals surface area contributed by atoms with E-state index in [0.29, 0.717) is 49.1 Å². The Morgan fingerprint density at radius 2 is 1.73 bits per heavy atom. The molecule has 1 aliphatic heterocycles. The molecule has 2 heterocycles. The van der Waals surface area contributed by atoms with Crippen LogP contribution in [-0.2, 0) is 4.79 Å². The van der Waals surface area contributed by atoms with Gasteiger partial charge in [-0.1, -0.05) is 29.5 Å². The third kappa shape index (κ3) is 6.27. The molecule has 11 heteroatoms. The number of amides is 1. The molecule has 0 radical (unpaired) electrons. The summed E-state index contributed by atoms with van der Waals surface area (Å²) >= 11 is 4.98. The van der Waals surface area contributed by atoms with Crippen molar-refractivity contribution in [2.75, 3.05) is 44.6 Å². The number of ether oxygens (including phenoxy) is 3. The van der Waals surface area contributed by atoms with Crippen LogP contribution in [0.4, 0.5) is 11.4 Å². The number of rotatable bonds is 10. The number of aromatic nitrogens is 1. The number of hydrogen-bond acceptors (Lipinski definition) is 8. The molecule has 0 saturated heterocycles. The van der Waals surface area contributed by atoms with E-state index in [2.05, 4.69) is 40.0 Å². The maximum absolute atomic E-state index is 14.3. The van der Waals surface area contributed by atoms with Gasteiger partial charge in [0.1, 0.15) is 23.3 Å². The van der Waals surface area contributed by atoms with Crippen molar-refractivity contribution >= 4 is 50.6 Å². The highest BCUT2D eigenvalue weighted by atomic mass is 79.9. The second kappa shape index (κ2) is 13.7. The number of methoxy groups -OCH3 is 3. The van der Waals surface area contributed by atoms with E-state index < -0.39 is 6.04 Å². The molecule has 45 heavy (non-hydrogen) atoms. The first-order valence-corrected chi connectivity index (χ1v) is 16.1. The summed E-state index contributed by atoms with van der Waals surface area (Å²) in [4.78, 5) is 35.7. The van der Waals surface area contributed by atoms with Gasteiger partial charge in [-0.3, -0.25) is 14.2 Å². The molecule has 3 aromatic carbocycles. The minimum absolute atomic E-state index is 0.287. The van der Waals surface area contributed by atoms with E-state index in [1.54, 1.807) is 45.0 Å². The number of allylic oxidation sites excluding steroid dienone is 1. The number of thiazole rings is 1. The number of para-hydroxylation sites is 1. The number of fused-ring (bicyclic) bond motifs is 1. The smallest absolute Gasteiger partial charge is 0.271 e. The summed E-state index contributed by atoms with van der Waals surface area (Å²) in [6.45, 7) is 7.66.